The van der Waals surface area contributed by atoms with Crippen LogP contribution in [0.1, 0.15) is 97.8 Å². The molecule has 4 unspecified atom stereocenters. The van der Waals surface area contributed by atoms with Gasteiger partial charge in [-0.15, -0.1) is 0 Å². The number of nitrogens with zero attached hydrogens (tertiary/aromatic N) is 1. The monoisotopic (exact) mass is 697 g/mol. The Hall–Kier alpha value is -4.85. The molecule has 7 heteroatoms. The number of benzene rings is 4. The summed E-state index contributed by atoms with van der Waals surface area (Å²) in [4.78, 5) is 4.79. The van der Waals surface area contributed by atoms with E-state index in [0.29, 0.717) is 23.0 Å². The normalized spacial score (nSPS) is 25.0. The summed E-state index contributed by atoms with van der Waals surface area (Å²) in [7, 11) is 0. The molecule has 1 aromatic heterocycles. The maximum absolute atomic E-state index is 12.3. The first kappa shape index (κ1) is 34.2. The average Bonchev–Trinajstić information content (AvgIpc) is 3.64. The lowest BCUT2D eigenvalue weighted by atomic mass is 9.81. The van der Waals surface area contributed by atoms with Crippen LogP contribution < -0.4 is 18.9 Å². The fourth-order valence-electron chi connectivity index (χ4n) is 8.16. The van der Waals surface area contributed by atoms with E-state index < -0.39 is 11.2 Å². The van der Waals surface area contributed by atoms with Gasteiger partial charge in [-0.2, -0.15) is 0 Å². The second-order valence-corrected chi connectivity index (χ2v) is 14.4. The minimum absolute atomic E-state index is 0.269. The van der Waals surface area contributed by atoms with Crippen molar-refractivity contribution in [3.8, 4) is 23.0 Å². The first-order valence-electron chi connectivity index (χ1n) is 18.9. The minimum atomic E-state index is -1.23. The number of aromatic nitrogens is 1. The van der Waals surface area contributed by atoms with E-state index >= 15 is 0 Å². The summed E-state index contributed by atoms with van der Waals surface area (Å²) in [6.07, 6.45) is 9.51. The van der Waals surface area contributed by atoms with Crippen molar-refractivity contribution in [1.82, 2.24) is 4.98 Å². The van der Waals surface area contributed by atoms with Gasteiger partial charge in [0.05, 0.1) is 11.4 Å². The van der Waals surface area contributed by atoms with E-state index in [9.17, 15) is 10.2 Å². The largest absolute Gasteiger partial charge is 0.487 e. The molecule has 4 heterocycles. The lowest BCUT2D eigenvalue weighted by Gasteiger charge is -2.29. The second-order valence-electron chi connectivity index (χ2n) is 14.4. The Balaban J connectivity index is 1.03. The van der Waals surface area contributed by atoms with Gasteiger partial charge in [0, 0.05) is 23.3 Å². The van der Waals surface area contributed by atoms with Crippen LogP contribution in [0.4, 0.5) is 0 Å². The molecule has 3 aliphatic heterocycles. The highest BCUT2D eigenvalue weighted by Crippen LogP contribution is 2.50. The highest BCUT2D eigenvalue weighted by Gasteiger charge is 2.50. The molecule has 3 aliphatic rings. The predicted molar refractivity (Wildman–Crippen MR) is 200 cm³/mol. The molecule has 7 nitrogen and oxygen atoms in total. The van der Waals surface area contributed by atoms with Gasteiger partial charge in [0.1, 0.15) is 48.4 Å². The first-order valence-corrected chi connectivity index (χ1v) is 18.9. The van der Waals surface area contributed by atoms with Gasteiger partial charge in [-0.05, 0) is 73.2 Å². The van der Waals surface area contributed by atoms with E-state index in [1.165, 1.54) is 12.8 Å². The Kier molecular flexibility index (Phi) is 9.89. The summed E-state index contributed by atoms with van der Waals surface area (Å²) >= 11 is 0. The molecule has 0 spiro atoms. The van der Waals surface area contributed by atoms with Gasteiger partial charge in [-0.3, -0.25) is 4.98 Å². The molecule has 0 fully saturated rings. The molecule has 5 aromatic rings. The van der Waals surface area contributed by atoms with Crippen molar-refractivity contribution in [3.63, 3.8) is 0 Å². The predicted octanol–water partition coefficient (Wildman–Crippen LogP) is 9.15. The zero-order valence-corrected chi connectivity index (χ0v) is 29.6. The molecule has 0 radical (unpaired) electrons. The summed E-state index contributed by atoms with van der Waals surface area (Å²) in [5.74, 6) is 2.63. The van der Waals surface area contributed by atoms with Crippen molar-refractivity contribution in [2.45, 2.75) is 101 Å². The van der Waals surface area contributed by atoms with Gasteiger partial charge in [0.25, 0.3) is 0 Å². The van der Waals surface area contributed by atoms with E-state index in [-0.39, 0.29) is 25.4 Å². The fraction of sp³-hybridized carbons (Fsp3) is 0.356. The van der Waals surface area contributed by atoms with Gasteiger partial charge in [0.2, 0.25) is 0 Å². The van der Waals surface area contributed by atoms with Crippen LogP contribution >= 0.6 is 0 Å². The SMILES string of the molecule is OC1(c2ccccc2)c2ccc3cc2OC1CCCCCCCCCCC1Oc2cc(ccc2C1(O)c1ccccc1)OCc1cccc(n1)CO3. The van der Waals surface area contributed by atoms with Crippen molar-refractivity contribution in [1.29, 1.82) is 0 Å². The summed E-state index contributed by atoms with van der Waals surface area (Å²) < 4.78 is 25.4. The topological polar surface area (TPSA) is 90.3 Å². The Morgan fingerprint density at radius 3 is 1.35 bits per heavy atom. The van der Waals surface area contributed by atoms with Gasteiger partial charge in [0.15, 0.2) is 11.2 Å². The molecule has 4 atom stereocenters. The maximum Gasteiger partial charge on any atom is 0.155 e. The van der Waals surface area contributed by atoms with Crippen LogP contribution in [-0.4, -0.2) is 27.4 Å². The number of rotatable bonds is 2. The lowest BCUT2D eigenvalue weighted by molar-refractivity contribution is -0.0111. The second kappa shape index (κ2) is 15.0. The molecule has 0 amide bonds. The van der Waals surface area contributed by atoms with E-state index in [0.717, 1.165) is 85.0 Å². The number of pyridine rings is 1. The molecule has 0 aliphatic carbocycles. The van der Waals surface area contributed by atoms with Crippen molar-refractivity contribution in [3.05, 3.63) is 149 Å². The van der Waals surface area contributed by atoms with Gasteiger partial charge in [-0.1, -0.05) is 105 Å². The van der Waals surface area contributed by atoms with Crippen LogP contribution in [-0.2, 0) is 24.4 Å². The number of hydrogen-bond acceptors (Lipinski definition) is 7. The summed E-state index contributed by atoms with van der Waals surface area (Å²) in [5.41, 5.74) is 2.31. The van der Waals surface area contributed by atoms with E-state index in [1.807, 2.05) is 115 Å². The van der Waals surface area contributed by atoms with E-state index in [4.69, 9.17) is 23.9 Å². The summed E-state index contributed by atoms with van der Waals surface area (Å²) in [6.45, 7) is 0.538. The molecule has 0 saturated carbocycles. The third-order valence-electron chi connectivity index (χ3n) is 10.9. The lowest BCUT2D eigenvalue weighted by Crippen LogP contribution is -2.39. The standard InChI is InChI=1S/C45H47NO6/c47-44(32-16-9-7-10-17-32)38-26-24-36-28-40(38)51-42(44)22-13-5-3-1-2-4-6-14-23-43-45(48,33-18-11-8-12-19-33)39-27-25-37(29-41(39)52-43)50-31-35-21-15-20-34(46-35)30-49-36/h7-12,15-21,24-29,42-43,47-48H,1-6,13-14,22-23,30-31H2. The molecule has 268 valence electrons. The molecule has 8 bridgehead atoms. The van der Waals surface area contributed by atoms with E-state index in [2.05, 4.69) is 0 Å². The average molecular weight is 698 g/mol. The molecule has 8 rings (SSSR count). The minimum Gasteiger partial charge on any atom is -0.487 e. The van der Waals surface area contributed by atoms with Crippen molar-refractivity contribution < 1.29 is 29.2 Å². The molecular formula is C45H47NO6. The van der Waals surface area contributed by atoms with Crippen LogP contribution in [0, 0.1) is 0 Å². The first-order chi connectivity index (χ1) is 25.5. The van der Waals surface area contributed by atoms with Crippen LogP contribution in [0.2, 0.25) is 0 Å². The molecule has 52 heavy (non-hydrogen) atoms. The molecule has 2 N–H and O–H groups in total. The van der Waals surface area contributed by atoms with Crippen molar-refractivity contribution in [2.24, 2.45) is 0 Å². The van der Waals surface area contributed by atoms with Crippen LogP contribution in [0.25, 0.3) is 0 Å². The van der Waals surface area contributed by atoms with Gasteiger partial charge < -0.3 is 29.2 Å². The Bertz CT molecular complexity index is 1830. The number of hydrogen-bond donors (Lipinski definition) is 2. The van der Waals surface area contributed by atoms with Crippen LogP contribution in [0.5, 0.6) is 23.0 Å². The van der Waals surface area contributed by atoms with Crippen LogP contribution in [0.15, 0.2) is 115 Å². The van der Waals surface area contributed by atoms with E-state index in [1.54, 1.807) is 0 Å². The summed E-state index contributed by atoms with van der Waals surface area (Å²) in [5, 5.41) is 24.6. The quantitative estimate of drug-likeness (QED) is 0.190. The molecule has 0 saturated heterocycles. The Morgan fingerprint density at radius 2 is 0.904 bits per heavy atom. The van der Waals surface area contributed by atoms with Gasteiger partial charge >= 0.3 is 0 Å². The highest BCUT2D eigenvalue weighted by molar-refractivity contribution is 5.54. The molecular weight excluding hydrogens is 650 g/mol. The Labute approximate surface area is 306 Å². The number of fused-ring (bicyclic) bond motifs is 6. The zero-order valence-electron chi connectivity index (χ0n) is 29.6. The Morgan fingerprint density at radius 1 is 0.481 bits per heavy atom. The number of ether oxygens (including phenoxy) is 4. The number of aliphatic hydroxyl groups is 2. The van der Waals surface area contributed by atoms with Crippen molar-refractivity contribution in [2.75, 3.05) is 0 Å². The summed E-state index contributed by atoms with van der Waals surface area (Å²) in [6, 6.07) is 37.0. The van der Waals surface area contributed by atoms with Gasteiger partial charge in [-0.25, -0.2) is 0 Å². The highest BCUT2D eigenvalue weighted by atomic mass is 16.5. The molecule has 4 aromatic carbocycles. The zero-order chi connectivity index (χ0) is 35.4. The van der Waals surface area contributed by atoms with Crippen LogP contribution in [0.3, 0.4) is 0 Å². The maximum atomic E-state index is 12.3. The third-order valence-corrected chi connectivity index (χ3v) is 10.9. The fourth-order valence-corrected chi connectivity index (χ4v) is 8.16. The smallest absolute Gasteiger partial charge is 0.155 e. The third kappa shape index (κ3) is 6.75. The van der Waals surface area contributed by atoms with Crippen molar-refractivity contribution >= 4 is 0 Å².